The van der Waals surface area contributed by atoms with Crippen LogP contribution in [0.25, 0.3) is 0 Å². The Morgan fingerprint density at radius 2 is 1.70 bits per heavy atom. The van der Waals surface area contributed by atoms with Crippen molar-refractivity contribution in [2.75, 3.05) is 0 Å². The summed E-state index contributed by atoms with van der Waals surface area (Å²) in [7, 11) is 0. The zero-order valence-corrected chi connectivity index (χ0v) is 14.7. The summed E-state index contributed by atoms with van der Waals surface area (Å²) in [4.78, 5) is 11.0. The molecule has 0 aliphatic rings. The van der Waals surface area contributed by atoms with E-state index in [-0.39, 0.29) is 11.9 Å². The molecule has 0 radical (unpaired) electrons. The maximum atomic E-state index is 11.0. The lowest BCUT2D eigenvalue weighted by molar-refractivity contribution is -0.117. The largest absolute Gasteiger partial charge is 0.474 e. The summed E-state index contributed by atoms with van der Waals surface area (Å²) in [5, 5.41) is 4.26. The topological polar surface area (TPSA) is 44.1 Å². The zero-order valence-electron chi connectivity index (χ0n) is 14.7. The third-order valence-electron chi connectivity index (χ3n) is 2.18. The van der Waals surface area contributed by atoms with Crippen LogP contribution in [0.5, 0.6) is 5.88 Å². The van der Waals surface area contributed by atoms with Crippen molar-refractivity contribution in [3.05, 3.63) is 11.3 Å². The van der Waals surface area contributed by atoms with Gasteiger partial charge in [-0.25, -0.2) is 0 Å². The van der Waals surface area contributed by atoms with E-state index in [1.165, 1.54) is 6.42 Å². The fraction of sp³-hybridized carbons (Fsp3) is 0.750. The molecule has 0 unspecified atom stereocenters. The summed E-state index contributed by atoms with van der Waals surface area (Å²) < 4.78 is 7.23. The Kier molecular flexibility index (Phi) is 12.1. The Hall–Kier alpha value is -1.32. The van der Waals surface area contributed by atoms with Crippen LogP contribution in [0.1, 0.15) is 66.1 Å². The van der Waals surface area contributed by atoms with Crippen molar-refractivity contribution in [1.29, 1.82) is 0 Å². The van der Waals surface area contributed by atoms with E-state index >= 15 is 0 Å². The van der Waals surface area contributed by atoms with Crippen molar-refractivity contribution in [2.24, 2.45) is 0 Å². The molecule has 0 saturated carbocycles. The molecule has 0 fully saturated rings. The highest BCUT2D eigenvalue weighted by Gasteiger charge is 2.13. The zero-order chi connectivity index (χ0) is 16.3. The van der Waals surface area contributed by atoms with Gasteiger partial charge in [0, 0.05) is 11.3 Å². The van der Waals surface area contributed by atoms with Crippen LogP contribution in [0.3, 0.4) is 0 Å². The average molecular weight is 284 g/mol. The summed E-state index contributed by atoms with van der Waals surface area (Å²) in [6.07, 6.45) is 1.35. The first-order valence-electron chi connectivity index (χ1n) is 7.53. The second kappa shape index (κ2) is 11.5. The molecule has 0 aromatic carbocycles. The lowest BCUT2D eigenvalue weighted by Crippen LogP contribution is -2.10. The van der Waals surface area contributed by atoms with Gasteiger partial charge in [0.05, 0.1) is 12.6 Å². The van der Waals surface area contributed by atoms with Gasteiger partial charge in [0.15, 0.2) is 5.78 Å². The number of rotatable bonds is 4. The molecule has 1 aromatic rings. The van der Waals surface area contributed by atoms with Crippen LogP contribution in [0.15, 0.2) is 0 Å². The molecular weight excluding hydrogens is 252 g/mol. The molecule has 4 heteroatoms. The summed E-state index contributed by atoms with van der Waals surface area (Å²) >= 11 is 0. The van der Waals surface area contributed by atoms with Gasteiger partial charge in [-0.1, -0.05) is 34.1 Å². The van der Waals surface area contributed by atoms with Gasteiger partial charge < -0.3 is 4.74 Å². The fourth-order valence-corrected chi connectivity index (χ4v) is 1.31. The molecule has 0 spiro atoms. The van der Waals surface area contributed by atoms with E-state index < -0.39 is 0 Å². The Morgan fingerprint density at radius 1 is 1.25 bits per heavy atom. The molecule has 1 aromatic heterocycles. The highest BCUT2D eigenvalue weighted by atomic mass is 16.5. The van der Waals surface area contributed by atoms with Crippen LogP contribution in [-0.2, 0) is 11.3 Å². The maximum Gasteiger partial charge on any atom is 0.236 e. The smallest absolute Gasteiger partial charge is 0.236 e. The molecule has 0 atom stereocenters. The summed E-state index contributed by atoms with van der Waals surface area (Å²) in [5.41, 5.74) is 1.99. The highest BCUT2D eigenvalue weighted by molar-refractivity contribution is 5.75. The predicted octanol–water partition coefficient (Wildman–Crippen LogP) is 4.32. The number of aromatic nitrogens is 2. The molecule has 4 nitrogen and oxygen atoms in total. The van der Waals surface area contributed by atoms with Gasteiger partial charge in [-0.3, -0.25) is 9.48 Å². The molecule has 1 rings (SSSR count). The Bertz CT molecular complexity index is 382. The summed E-state index contributed by atoms with van der Waals surface area (Å²) in [6.45, 7) is 17.9. The summed E-state index contributed by atoms with van der Waals surface area (Å²) in [5.74, 6) is 0.723. The van der Waals surface area contributed by atoms with Crippen LogP contribution < -0.4 is 4.74 Å². The van der Waals surface area contributed by atoms with E-state index in [1.54, 1.807) is 11.6 Å². The highest BCUT2D eigenvalue weighted by Crippen LogP contribution is 2.20. The lowest BCUT2D eigenvalue weighted by atomic mass is 10.3. The Labute approximate surface area is 124 Å². The van der Waals surface area contributed by atoms with Crippen LogP contribution >= 0.6 is 0 Å². The number of Topliss-reactive ketones (excluding diaryl/α,β-unsaturated/α-hetero) is 1. The van der Waals surface area contributed by atoms with E-state index in [4.69, 9.17) is 4.74 Å². The molecule has 118 valence electrons. The molecule has 0 bridgehead atoms. The van der Waals surface area contributed by atoms with Crippen LogP contribution in [0.4, 0.5) is 0 Å². The second-order valence-corrected chi connectivity index (χ2v) is 4.75. The van der Waals surface area contributed by atoms with Crippen molar-refractivity contribution in [1.82, 2.24) is 9.78 Å². The normalized spacial score (nSPS) is 9.30. The molecular formula is C16H32N2O2. The second-order valence-electron chi connectivity index (χ2n) is 4.75. The molecule has 1 heterocycles. The number of hydrogen-bond acceptors (Lipinski definition) is 3. The van der Waals surface area contributed by atoms with Crippen molar-refractivity contribution < 1.29 is 9.53 Å². The van der Waals surface area contributed by atoms with Crippen LogP contribution in [0, 0.1) is 13.8 Å². The average Bonchev–Trinajstić information content (AvgIpc) is 2.60. The van der Waals surface area contributed by atoms with Gasteiger partial charge in [0.25, 0.3) is 0 Å². The Morgan fingerprint density at radius 3 is 2.05 bits per heavy atom. The van der Waals surface area contributed by atoms with Crippen LogP contribution in [0.2, 0.25) is 0 Å². The van der Waals surface area contributed by atoms with Gasteiger partial charge in [0.1, 0.15) is 0 Å². The van der Waals surface area contributed by atoms with E-state index in [0.29, 0.717) is 12.4 Å². The van der Waals surface area contributed by atoms with Crippen molar-refractivity contribution in [2.45, 2.75) is 81.4 Å². The molecule has 0 amide bonds. The standard InChI is InChI=1S/C11H18N2O2.C3H8.C2H6/c1-7(2)15-11-9(4)10(5)13(12-11)6-8(3)14;1-3-2;1-2/h7H,6H2,1-5H3;3H2,1-2H3;1-2H3. The summed E-state index contributed by atoms with van der Waals surface area (Å²) in [6, 6.07) is 0. The van der Waals surface area contributed by atoms with E-state index in [0.717, 1.165) is 11.3 Å². The number of ether oxygens (including phenoxy) is 1. The minimum Gasteiger partial charge on any atom is -0.474 e. The fourth-order valence-electron chi connectivity index (χ4n) is 1.31. The number of carbonyl (C=O) groups excluding carboxylic acids is 1. The van der Waals surface area contributed by atoms with Crippen molar-refractivity contribution in [3.63, 3.8) is 0 Å². The molecule has 0 saturated heterocycles. The maximum absolute atomic E-state index is 11.0. The minimum atomic E-state index is 0.0942. The van der Waals surface area contributed by atoms with Crippen LogP contribution in [-0.4, -0.2) is 21.7 Å². The number of nitrogens with zero attached hydrogens (tertiary/aromatic N) is 2. The van der Waals surface area contributed by atoms with E-state index in [1.807, 2.05) is 41.5 Å². The quantitative estimate of drug-likeness (QED) is 0.827. The SMILES string of the molecule is CC.CC(=O)Cn1nc(OC(C)C)c(C)c1C.CCC. The van der Waals surface area contributed by atoms with E-state index in [9.17, 15) is 4.79 Å². The van der Waals surface area contributed by atoms with E-state index in [2.05, 4.69) is 18.9 Å². The van der Waals surface area contributed by atoms with Crippen molar-refractivity contribution >= 4 is 5.78 Å². The Balaban J connectivity index is 0. The lowest BCUT2D eigenvalue weighted by Gasteiger charge is -2.06. The van der Waals surface area contributed by atoms with Gasteiger partial charge in [-0.2, -0.15) is 0 Å². The third kappa shape index (κ3) is 7.97. The molecule has 0 N–H and O–H groups in total. The first-order valence-corrected chi connectivity index (χ1v) is 7.53. The van der Waals surface area contributed by atoms with Crippen molar-refractivity contribution in [3.8, 4) is 5.88 Å². The molecule has 20 heavy (non-hydrogen) atoms. The number of hydrogen-bond donors (Lipinski definition) is 0. The molecule has 0 aliphatic heterocycles. The van der Waals surface area contributed by atoms with Gasteiger partial charge in [-0.05, 0) is 34.6 Å². The first kappa shape index (κ1) is 21.0. The first-order chi connectivity index (χ1) is 9.33. The van der Waals surface area contributed by atoms with Gasteiger partial charge in [0.2, 0.25) is 5.88 Å². The number of carbonyl (C=O) groups is 1. The third-order valence-corrected chi connectivity index (χ3v) is 2.18. The van der Waals surface area contributed by atoms with Gasteiger partial charge in [-0.15, -0.1) is 5.10 Å². The number of ketones is 1. The van der Waals surface area contributed by atoms with Gasteiger partial charge >= 0.3 is 0 Å². The minimum absolute atomic E-state index is 0.0942. The molecule has 0 aliphatic carbocycles. The predicted molar refractivity (Wildman–Crippen MR) is 85.5 cm³/mol. The monoisotopic (exact) mass is 284 g/mol.